The number of hydrogen-bond donors (Lipinski definition) is 1. The van der Waals surface area contributed by atoms with Gasteiger partial charge in [0.1, 0.15) is 6.54 Å². The van der Waals surface area contributed by atoms with Crippen LogP contribution in [-0.4, -0.2) is 34.6 Å². The molecule has 0 spiro atoms. The van der Waals surface area contributed by atoms with Crippen molar-refractivity contribution >= 4 is 11.9 Å². The van der Waals surface area contributed by atoms with E-state index in [1.807, 2.05) is 0 Å². The summed E-state index contributed by atoms with van der Waals surface area (Å²) in [4.78, 5) is 23.7. The summed E-state index contributed by atoms with van der Waals surface area (Å²) in [6.07, 6.45) is -4.83. The summed E-state index contributed by atoms with van der Waals surface area (Å²) < 4.78 is 37.8. The monoisotopic (exact) mass is 301 g/mol. The maximum absolute atomic E-state index is 12.6. The third-order valence-corrected chi connectivity index (χ3v) is 3.40. The van der Waals surface area contributed by atoms with Gasteiger partial charge in [-0.15, -0.1) is 0 Å². The molecule has 1 atom stereocenters. The van der Waals surface area contributed by atoms with Gasteiger partial charge < -0.3 is 10.0 Å². The molecule has 0 radical (unpaired) electrons. The summed E-state index contributed by atoms with van der Waals surface area (Å²) in [6, 6.07) is 6.79. The van der Waals surface area contributed by atoms with Crippen LogP contribution in [0.2, 0.25) is 0 Å². The number of halogens is 3. The number of rotatable bonds is 3. The first kappa shape index (κ1) is 15.3. The van der Waals surface area contributed by atoms with E-state index in [0.29, 0.717) is 10.5 Å². The van der Waals surface area contributed by atoms with Crippen LogP contribution in [0, 0.1) is 5.92 Å². The molecule has 0 saturated heterocycles. The Morgan fingerprint density at radius 1 is 1.29 bits per heavy atom. The van der Waals surface area contributed by atoms with Gasteiger partial charge in [0.2, 0.25) is 5.91 Å². The number of alkyl halides is 3. The maximum Gasteiger partial charge on any atom is 0.406 e. The summed E-state index contributed by atoms with van der Waals surface area (Å²) in [5.74, 6) is -2.92. The molecular weight excluding hydrogens is 287 g/mol. The number of carboxylic acids is 1. The second-order valence-corrected chi connectivity index (χ2v) is 5.08. The topological polar surface area (TPSA) is 57.6 Å². The lowest BCUT2D eigenvalue weighted by Crippen LogP contribution is -2.41. The highest BCUT2D eigenvalue weighted by Crippen LogP contribution is 2.27. The van der Waals surface area contributed by atoms with Crippen LogP contribution in [0.25, 0.3) is 0 Å². The van der Waals surface area contributed by atoms with Crippen molar-refractivity contribution < 1.29 is 27.9 Å². The Morgan fingerprint density at radius 2 is 1.90 bits per heavy atom. The summed E-state index contributed by atoms with van der Waals surface area (Å²) in [5.41, 5.74) is 1.35. The molecule has 2 rings (SSSR count). The van der Waals surface area contributed by atoms with E-state index in [9.17, 15) is 22.8 Å². The number of benzene rings is 1. The van der Waals surface area contributed by atoms with Crippen molar-refractivity contribution in [2.24, 2.45) is 5.92 Å². The molecule has 1 aliphatic heterocycles. The molecular formula is C14H14F3NO3. The number of nitrogens with zero attached hydrogens (tertiary/aromatic N) is 1. The van der Waals surface area contributed by atoms with Gasteiger partial charge in [-0.05, 0) is 17.5 Å². The van der Waals surface area contributed by atoms with E-state index in [-0.39, 0.29) is 13.0 Å². The third-order valence-electron chi connectivity index (χ3n) is 3.40. The molecule has 7 heteroatoms. The van der Waals surface area contributed by atoms with Crippen LogP contribution in [0.1, 0.15) is 17.5 Å². The molecule has 0 fully saturated rings. The van der Waals surface area contributed by atoms with Crippen molar-refractivity contribution in [3.8, 4) is 0 Å². The van der Waals surface area contributed by atoms with Crippen LogP contribution < -0.4 is 0 Å². The summed E-state index contributed by atoms with van der Waals surface area (Å²) in [6.45, 7) is -1.51. The number of amides is 1. The molecule has 1 unspecified atom stereocenters. The smallest absolute Gasteiger partial charge is 0.406 e. The normalized spacial score (nSPS) is 19.1. The standard InChI is InChI=1S/C14H14F3NO3/c15-14(16,17)8-18-7-10-4-2-1-3-9(10)5-11(13(18)21)6-12(19)20/h1-4,11H,5-8H2,(H,19,20). The lowest BCUT2D eigenvalue weighted by molar-refractivity contribution is -0.165. The Bertz CT molecular complexity index is 557. The molecule has 1 aromatic carbocycles. The fourth-order valence-corrected chi connectivity index (χ4v) is 2.53. The minimum atomic E-state index is -4.51. The molecule has 1 amide bonds. The van der Waals surface area contributed by atoms with E-state index >= 15 is 0 Å². The fraction of sp³-hybridized carbons (Fsp3) is 0.429. The Hall–Kier alpha value is -2.05. The van der Waals surface area contributed by atoms with Crippen molar-refractivity contribution in [2.45, 2.75) is 25.6 Å². The van der Waals surface area contributed by atoms with Crippen LogP contribution in [0.3, 0.4) is 0 Å². The summed E-state index contributed by atoms with van der Waals surface area (Å²) in [7, 11) is 0. The third kappa shape index (κ3) is 3.96. The Balaban J connectivity index is 2.33. The molecule has 1 heterocycles. The summed E-state index contributed by atoms with van der Waals surface area (Å²) in [5, 5.41) is 8.85. The zero-order chi connectivity index (χ0) is 15.6. The highest BCUT2D eigenvalue weighted by atomic mass is 19.4. The van der Waals surface area contributed by atoms with Crippen molar-refractivity contribution in [1.82, 2.24) is 4.90 Å². The zero-order valence-corrected chi connectivity index (χ0v) is 11.1. The van der Waals surface area contributed by atoms with Crippen molar-refractivity contribution in [1.29, 1.82) is 0 Å². The van der Waals surface area contributed by atoms with Gasteiger partial charge in [0.15, 0.2) is 0 Å². The molecule has 4 nitrogen and oxygen atoms in total. The van der Waals surface area contributed by atoms with Crippen LogP contribution in [-0.2, 0) is 22.6 Å². The van der Waals surface area contributed by atoms with Crippen LogP contribution in [0.15, 0.2) is 24.3 Å². The van der Waals surface area contributed by atoms with E-state index in [1.165, 1.54) is 0 Å². The lowest BCUT2D eigenvalue weighted by Gasteiger charge is -2.25. The number of hydrogen-bond acceptors (Lipinski definition) is 2. The lowest BCUT2D eigenvalue weighted by atomic mass is 9.94. The van der Waals surface area contributed by atoms with Gasteiger partial charge in [0.05, 0.1) is 12.3 Å². The Labute approximate surface area is 119 Å². The van der Waals surface area contributed by atoms with E-state index in [0.717, 1.165) is 5.56 Å². The number of carbonyl (C=O) groups excluding carboxylic acids is 1. The van der Waals surface area contributed by atoms with Gasteiger partial charge in [-0.1, -0.05) is 24.3 Å². The van der Waals surface area contributed by atoms with Gasteiger partial charge in [0.25, 0.3) is 0 Å². The molecule has 0 aliphatic carbocycles. The number of fused-ring (bicyclic) bond motifs is 1. The van der Waals surface area contributed by atoms with Gasteiger partial charge in [-0.3, -0.25) is 9.59 Å². The largest absolute Gasteiger partial charge is 0.481 e. The van der Waals surface area contributed by atoms with Gasteiger partial charge in [-0.2, -0.15) is 13.2 Å². The van der Waals surface area contributed by atoms with Crippen molar-refractivity contribution in [2.75, 3.05) is 6.54 Å². The number of carboxylic acid groups (broad SMARTS) is 1. The second-order valence-electron chi connectivity index (χ2n) is 5.08. The predicted octanol–water partition coefficient (Wildman–Crippen LogP) is 2.22. The molecule has 21 heavy (non-hydrogen) atoms. The SMILES string of the molecule is O=C(O)CC1Cc2ccccc2CN(CC(F)(F)F)C1=O. The average molecular weight is 301 g/mol. The van der Waals surface area contributed by atoms with Crippen molar-refractivity contribution in [3.05, 3.63) is 35.4 Å². The van der Waals surface area contributed by atoms with Gasteiger partial charge >= 0.3 is 12.1 Å². The quantitative estimate of drug-likeness (QED) is 0.931. The molecule has 1 aliphatic rings. The van der Waals surface area contributed by atoms with E-state index in [2.05, 4.69) is 0 Å². The molecule has 1 aromatic rings. The molecule has 0 aromatic heterocycles. The van der Waals surface area contributed by atoms with Crippen LogP contribution in [0.4, 0.5) is 13.2 Å². The second kappa shape index (κ2) is 5.75. The molecule has 1 N–H and O–H groups in total. The van der Waals surface area contributed by atoms with E-state index in [1.54, 1.807) is 24.3 Å². The highest BCUT2D eigenvalue weighted by Gasteiger charge is 2.38. The van der Waals surface area contributed by atoms with Gasteiger partial charge in [-0.25, -0.2) is 0 Å². The minimum absolute atomic E-state index is 0.148. The fourth-order valence-electron chi connectivity index (χ4n) is 2.53. The van der Waals surface area contributed by atoms with Crippen LogP contribution in [0.5, 0.6) is 0 Å². The van der Waals surface area contributed by atoms with Crippen molar-refractivity contribution in [3.63, 3.8) is 0 Å². The van der Waals surface area contributed by atoms with Crippen LogP contribution >= 0.6 is 0 Å². The molecule has 0 bridgehead atoms. The predicted molar refractivity (Wildman–Crippen MR) is 67.4 cm³/mol. The number of aliphatic carboxylic acids is 1. The van der Waals surface area contributed by atoms with Gasteiger partial charge in [0, 0.05) is 6.54 Å². The minimum Gasteiger partial charge on any atom is -0.481 e. The maximum atomic E-state index is 12.6. The number of carbonyl (C=O) groups is 2. The first-order valence-electron chi connectivity index (χ1n) is 6.40. The zero-order valence-electron chi connectivity index (χ0n) is 11.1. The van der Waals surface area contributed by atoms with E-state index in [4.69, 9.17) is 5.11 Å². The Morgan fingerprint density at radius 3 is 2.48 bits per heavy atom. The van der Waals surface area contributed by atoms with E-state index < -0.39 is 36.9 Å². The Kier molecular flexibility index (Phi) is 4.20. The molecule has 0 saturated carbocycles. The highest BCUT2D eigenvalue weighted by molar-refractivity contribution is 5.84. The first-order chi connectivity index (χ1) is 9.76. The summed E-state index contributed by atoms with van der Waals surface area (Å²) >= 11 is 0. The average Bonchev–Trinajstić information content (AvgIpc) is 2.47. The molecule has 114 valence electrons. The first-order valence-corrected chi connectivity index (χ1v) is 6.40.